The number of phenolic OH excluding ortho intramolecular Hbond substituents is 4. The lowest BCUT2D eigenvalue weighted by molar-refractivity contribution is -0.140. The molecule has 5 rings (SSSR count). The van der Waals surface area contributed by atoms with Crippen molar-refractivity contribution in [2.75, 3.05) is 27.4 Å². The average molecular weight is 552 g/mol. The van der Waals surface area contributed by atoms with Gasteiger partial charge in [0.1, 0.15) is 35.7 Å². The van der Waals surface area contributed by atoms with Crippen molar-refractivity contribution >= 4 is 16.9 Å². The van der Waals surface area contributed by atoms with Crippen LogP contribution in [0.4, 0.5) is 0 Å². The number of hydrogen-bond donors (Lipinski definition) is 5. The highest BCUT2D eigenvalue weighted by Gasteiger charge is 2.32. The van der Waals surface area contributed by atoms with Crippen LogP contribution in [-0.4, -0.2) is 58.9 Å². The SMILES string of the molecule is COC(=O)C[C@@H](c1cc(OC)c2c(c1)OCCO2)c1c(O)cc(O)c2c(=O)c(O)c(-c3ccc(O)c(O)c3)oc12. The molecule has 3 aromatic carbocycles. The monoisotopic (exact) mass is 552 g/mol. The molecule has 0 spiro atoms. The second-order valence-corrected chi connectivity index (χ2v) is 8.93. The normalized spacial score (nSPS) is 13.2. The van der Waals surface area contributed by atoms with E-state index in [1.165, 1.54) is 20.3 Å². The third-order valence-corrected chi connectivity index (χ3v) is 6.58. The summed E-state index contributed by atoms with van der Waals surface area (Å²) < 4.78 is 27.7. The van der Waals surface area contributed by atoms with Crippen LogP contribution in [0.5, 0.6) is 46.0 Å². The van der Waals surface area contributed by atoms with E-state index in [9.17, 15) is 35.1 Å². The number of rotatable bonds is 6. The van der Waals surface area contributed by atoms with Crippen LogP contribution in [0.3, 0.4) is 0 Å². The lowest BCUT2D eigenvalue weighted by atomic mass is 9.86. The maximum atomic E-state index is 13.3. The van der Waals surface area contributed by atoms with E-state index >= 15 is 0 Å². The molecular formula is C28H24O12. The van der Waals surface area contributed by atoms with Crippen molar-refractivity contribution in [3.8, 4) is 57.3 Å². The Kier molecular flexibility index (Phi) is 6.68. The molecule has 5 N–H and O–H groups in total. The van der Waals surface area contributed by atoms with Gasteiger partial charge in [-0.3, -0.25) is 9.59 Å². The predicted octanol–water partition coefficient (Wildman–Crippen LogP) is 3.46. The van der Waals surface area contributed by atoms with E-state index in [1.54, 1.807) is 12.1 Å². The van der Waals surface area contributed by atoms with Crippen molar-refractivity contribution in [2.24, 2.45) is 0 Å². The molecule has 2 heterocycles. The molecule has 1 atom stereocenters. The number of carbonyl (C=O) groups is 1. The van der Waals surface area contributed by atoms with Gasteiger partial charge in [-0.05, 0) is 35.9 Å². The highest BCUT2D eigenvalue weighted by atomic mass is 16.6. The zero-order valence-electron chi connectivity index (χ0n) is 21.3. The van der Waals surface area contributed by atoms with E-state index in [1.807, 2.05) is 0 Å². The fourth-order valence-corrected chi connectivity index (χ4v) is 4.67. The minimum Gasteiger partial charge on any atom is -0.507 e. The first-order valence-electron chi connectivity index (χ1n) is 12.0. The Hall–Kier alpha value is -5.26. The van der Waals surface area contributed by atoms with Gasteiger partial charge in [0.15, 0.2) is 28.8 Å². The number of carbonyl (C=O) groups excluding carboxylic acids is 1. The molecule has 0 radical (unpaired) electrons. The van der Waals surface area contributed by atoms with Crippen molar-refractivity contribution in [3.05, 3.63) is 57.7 Å². The van der Waals surface area contributed by atoms with Crippen LogP contribution in [0.15, 0.2) is 45.6 Å². The number of methoxy groups -OCH3 is 2. The molecule has 4 aromatic rings. The van der Waals surface area contributed by atoms with Crippen LogP contribution in [0.2, 0.25) is 0 Å². The number of ether oxygens (including phenoxy) is 4. The summed E-state index contributed by atoms with van der Waals surface area (Å²) in [6.45, 7) is 0.549. The first-order chi connectivity index (χ1) is 19.1. The summed E-state index contributed by atoms with van der Waals surface area (Å²) in [6.07, 6.45) is -0.355. The van der Waals surface area contributed by atoms with Gasteiger partial charge < -0.3 is 48.9 Å². The number of aromatic hydroxyl groups is 5. The Bertz CT molecular complexity index is 1690. The smallest absolute Gasteiger partial charge is 0.306 e. The number of benzene rings is 3. The number of phenols is 4. The van der Waals surface area contributed by atoms with Gasteiger partial charge in [-0.25, -0.2) is 0 Å². The molecule has 0 aliphatic carbocycles. The van der Waals surface area contributed by atoms with Crippen LogP contribution in [0, 0.1) is 0 Å². The third-order valence-electron chi connectivity index (χ3n) is 6.58. The minimum absolute atomic E-state index is 0.00565. The Morgan fingerprint density at radius 1 is 0.925 bits per heavy atom. The van der Waals surface area contributed by atoms with E-state index < -0.39 is 57.2 Å². The van der Waals surface area contributed by atoms with Crippen molar-refractivity contribution in [1.29, 1.82) is 0 Å². The molecule has 12 nitrogen and oxygen atoms in total. The van der Waals surface area contributed by atoms with Crippen molar-refractivity contribution < 1.29 is 53.7 Å². The third kappa shape index (κ3) is 4.38. The first kappa shape index (κ1) is 26.4. The Balaban J connectivity index is 1.83. The molecule has 0 unspecified atom stereocenters. The molecule has 1 aromatic heterocycles. The fraction of sp³-hybridized carbons (Fsp3) is 0.214. The Morgan fingerprint density at radius 3 is 2.38 bits per heavy atom. The Labute approximate surface area is 225 Å². The van der Waals surface area contributed by atoms with Gasteiger partial charge in [-0.2, -0.15) is 0 Å². The van der Waals surface area contributed by atoms with Crippen LogP contribution in [0.25, 0.3) is 22.3 Å². The molecule has 1 aliphatic rings. The molecule has 0 fully saturated rings. The number of esters is 1. The highest BCUT2D eigenvalue weighted by Crippen LogP contribution is 2.48. The predicted molar refractivity (Wildman–Crippen MR) is 139 cm³/mol. The molecule has 0 amide bonds. The number of fused-ring (bicyclic) bond motifs is 2. The van der Waals surface area contributed by atoms with E-state index in [2.05, 4.69) is 0 Å². The van der Waals surface area contributed by atoms with Crippen molar-refractivity contribution in [3.63, 3.8) is 0 Å². The molecule has 0 bridgehead atoms. The summed E-state index contributed by atoms with van der Waals surface area (Å²) in [7, 11) is 2.60. The molecule has 12 heteroatoms. The molecule has 40 heavy (non-hydrogen) atoms. The lowest BCUT2D eigenvalue weighted by Crippen LogP contribution is -2.17. The fourth-order valence-electron chi connectivity index (χ4n) is 4.67. The zero-order chi connectivity index (χ0) is 28.7. The highest BCUT2D eigenvalue weighted by molar-refractivity contribution is 5.92. The largest absolute Gasteiger partial charge is 0.507 e. The first-order valence-corrected chi connectivity index (χ1v) is 12.0. The van der Waals surface area contributed by atoms with Gasteiger partial charge in [0, 0.05) is 23.1 Å². The van der Waals surface area contributed by atoms with Gasteiger partial charge in [0.2, 0.25) is 16.9 Å². The summed E-state index contributed by atoms with van der Waals surface area (Å²) in [4.78, 5) is 25.9. The van der Waals surface area contributed by atoms with E-state index in [4.69, 9.17) is 23.4 Å². The summed E-state index contributed by atoms with van der Waals surface area (Å²) in [5.74, 6) is -4.30. The van der Waals surface area contributed by atoms with Gasteiger partial charge in [0.05, 0.1) is 20.6 Å². The maximum absolute atomic E-state index is 13.3. The quantitative estimate of drug-likeness (QED) is 0.174. The molecule has 208 valence electrons. The zero-order valence-corrected chi connectivity index (χ0v) is 21.3. The van der Waals surface area contributed by atoms with Gasteiger partial charge in [0.25, 0.3) is 0 Å². The number of hydrogen-bond acceptors (Lipinski definition) is 12. The van der Waals surface area contributed by atoms with Gasteiger partial charge in [-0.1, -0.05) is 0 Å². The molecule has 1 aliphatic heterocycles. The summed E-state index contributed by atoms with van der Waals surface area (Å²) in [5.41, 5.74) is -1.08. The summed E-state index contributed by atoms with van der Waals surface area (Å²) in [6, 6.07) is 7.51. The molecule has 0 saturated carbocycles. The topological polar surface area (TPSA) is 185 Å². The van der Waals surface area contributed by atoms with Crippen molar-refractivity contribution in [2.45, 2.75) is 12.3 Å². The van der Waals surface area contributed by atoms with Crippen LogP contribution < -0.4 is 19.6 Å². The standard InChI is InChI=1S/C28H24O12/c1-36-19-8-13(9-20-27(19)39-6-5-38-20)14(10-21(33)37-2)22-17(31)11-18(32)23-24(34)25(35)26(40-28(22)23)12-3-4-15(29)16(30)7-12/h3-4,7-9,11,14,29-32,35H,5-6,10H2,1-2H3/t14-/m0/s1. The van der Waals surface area contributed by atoms with E-state index in [-0.39, 0.29) is 35.5 Å². The summed E-state index contributed by atoms with van der Waals surface area (Å²) >= 11 is 0. The molecular weight excluding hydrogens is 528 g/mol. The van der Waals surface area contributed by atoms with Gasteiger partial charge in [-0.15, -0.1) is 0 Å². The second kappa shape index (κ2) is 10.1. The minimum atomic E-state index is -1.05. The van der Waals surface area contributed by atoms with Gasteiger partial charge >= 0.3 is 5.97 Å². The average Bonchev–Trinajstić information content (AvgIpc) is 2.94. The van der Waals surface area contributed by atoms with E-state index in [0.717, 1.165) is 18.2 Å². The van der Waals surface area contributed by atoms with Crippen molar-refractivity contribution in [1.82, 2.24) is 0 Å². The second-order valence-electron chi connectivity index (χ2n) is 8.93. The molecule has 0 saturated heterocycles. The van der Waals surface area contributed by atoms with Crippen LogP contribution >= 0.6 is 0 Å². The summed E-state index contributed by atoms with van der Waals surface area (Å²) in [5, 5.41) is 51.6. The van der Waals surface area contributed by atoms with Crippen LogP contribution in [0.1, 0.15) is 23.5 Å². The maximum Gasteiger partial charge on any atom is 0.306 e. The van der Waals surface area contributed by atoms with Crippen LogP contribution in [-0.2, 0) is 9.53 Å². The Morgan fingerprint density at radius 2 is 1.68 bits per heavy atom. The lowest BCUT2D eigenvalue weighted by Gasteiger charge is -2.25. The van der Waals surface area contributed by atoms with E-state index in [0.29, 0.717) is 23.7 Å².